The smallest absolute Gasteiger partial charge is 0.225 e. The molecule has 1 heterocycles. The van der Waals surface area contributed by atoms with E-state index in [4.69, 9.17) is 0 Å². The molecule has 1 aromatic rings. The number of hydrazine groups is 1. The zero-order valence-electron chi connectivity index (χ0n) is 11.6. The third kappa shape index (κ3) is 4.24. The predicted octanol–water partition coefficient (Wildman–Crippen LogP) is 2.03. The second-order valence-electron chi connectivity index (χ2n) is 5.33. The second kappa shape index (κ2) is 7.14. The van der Waals surface area contributed by atoms with E-state index in [-0.39, 0.29) is 0 Å². The molecule has 0 aromatic heterocycles. The Hall–Kier alpha value is -1.55. The van der Waals surface area contributed by atoms with Gasteiger partial charge < -0.3 is 4.90 Å². The van der Waals surface area contributed by atoms with E-state index in [1.54, 1.807) is 0 Å². The number of amides is 1. The summed E-state index contributed by atoms with van der Waals surface area (Å²) < 4.78 is 0. The van der Waals surface area contributed by atoms with Crippen molar-refractivity contribution in [2.45, 2.75) is 25.7 Å². The predicted molar refractivity (Wildman–Crippen MR) is 77.8 cm³/mol. The number of benzene rings is 1. The summed E-state index contributed by atoms with van der Waals surface area (Å²) in [7, 11) is 2.19. The van der Waals surface area contributed by atoms with Gasteiger partial charge in [-0.2, -0.15) is 0 Å². The summed E-state index contributed by atoms with van der Waals surface area (Å²) >= 11 is 0. The van der Waals surface area contributed by atoms with Crippen LogP contribution in [0.2, 0.25) is 0 Å². The monoisotopic (exact) mass is 261 g/mol. The molecule has 0 unspecified atom stereocenters. The summed E-state index contributed by atoms with van der Waals surface area (Å²) in [5.74, 6) is 0.836. The lowest BCUT2D eigenvalue weighted by Gasteiger charge is -2.29. The van der Waals surface area contributed by atoms with Gasteiger partial charge in [-0.15, -0.1) is 0 Å². The molecular formula is C15H23N3O. The normalized spacial score (nSPS) is 17.1. The highest BCUT2D eigenvalue weighted by molar-refractivity contribution is 5.56. The van der Waals surface area contributed by atoms with Crippen molar-refractivity contribution in [3.05, 3.63) is 29.8 Å². The van der Waals surface area contributed by atoms with Crippen molar-refractivity contribution >= 4 is 12.1 Å². The quantitative estimate of drug-likeness (QED) is 0.608. The van der Waals surface area contributed by atoms with Gasteiger partial charge in [0.05, 0.1) is 5.69 Å². The van der Waals surface area contributed by atoms with Crippen molar-refractivity contribution < 1.29 is 4.79 Å². The SMILES string of the molecule is CN1CCC(CCc2ccccc2NNC=O)CC1. The highest BCUT2D eigenvalue weighted by atomic mass is 16.1. The van der Waals surface area contributed by atoms with E-state index in [0.717, 1.165) is 18.0 Å². The van der Waals surface area contributed by atoms with Gasteiger partial charge in [0.1, 0.15) is 0 Å². The molecule has 4 heteroatoms. The first-order valence-corrected chi connectivity index (χ1v) is 7.01. The zero-order valence-corrected chi connectivity index (χ0v) is 11.6. The number of rotatable bonds is 6. The summed E-state index contributed by atoms with van der Waals surface area (Å²) in [6.07, 6.45) is 5.57. The van der Waals surface area contributed by atoms with Crippen molar-refractivity contribution in [1.82, 2.24) is 10.3 Å². The third-order valence-corrected chi connectivity index (χ3v) is 3.94. The number of hydrogen-bond donors (Lipinski definition) is 2. The first-order chi connectivity index (χ1) is 9.29. The Balaban J connectivity index is 1.86. The van der Waals surface area contributed by atoms with Crippen LogP contribution in [0.1, 0.15) is 24.8 Å². The van der Waals surface area contributed by atoms with E-state index in [9.17, 15) is 4.79 Å². The summed E-state index contributed by atoms with van der Waals surface area (Å²) in [6, 6.07) is 8.16. The maximum atomic E-state index is 10.3. The number of anilines is 1. The van der Waals surface area contributed by atoms with Crippen LogP contribution in [0.3, 0.4) is 0 Å². The Morgan fingerprint density at radius 2 is 2.05 bits per heavy atom. The number of para-hydroxylation sites is 1. The van der Waals surface area contributed by atoms with Gasteiger partial charge in [-0.1, -0.05) is 18.2 Å². The molecular weight excluding hydrogens is 238 g/mol. The summed E-state index contributed by atoms with van der Waals surface area (Å²) in [4.78, 5) is 12.7. The number of likely N-dealkylation sites (tertiary alicyclic amines) is 1. The number of carbonyl (C=O) groups excluding carboxylic acids is 1. The average Bonchev–Trinajstić information content (AvgIpc) is 2.45. The van der Waals surface area contributed by atoms with Crippen molar-refractivity contribution in [2.24, 2.45) is 5.92 Å². The lowest BCUT2D eigenvalue weighted by molar-refractivity contribution is -0.109. The molecule has 2 rings (SSSR count). The van der Waals surface area contributed by atoms with Crippen molar-refractivity contribution in [1.29, 1.82) is 0 Å². The molecule has 1 saturated heterocycles. The molecule has 0 spiro atoms. The molecule has 1 fully saturated rings. The van der Waals surface area contributed by atoms with Gasteiger partial charge in [0, 0.05) is 0 Å². The fraction of sp³-hybridized carbons (Fsp3) is 0.533. The van der Waals surface area contributed by atoms with Crippen LogP contribution in [-0.2, 0) is 11.2 Å². The number of nitrogens with one attached hydrogen (secondary N) is 2. The fourth-order valence-corrected chi connectivity index (χ4v) is 2.68. The van der Waals surface area contributed by atoms with Gasteiger partial charge in [-0.3, -0.25) is 15.6 Å². The van der Waals surface area contributed by atoms with Crippen LogP contribution in [0.25, 0.3) is 0 Å². The van der Waals surface area contributed by atoms with Crippen molar-refractivity contribution in [2.75, 3.05) is 25.6 Å². The van der Waals surface area contributed by atoms with Crippen molar-refractivity contribution in [3.8, 4) is 0 Å². The Labute approximate surface area is 115 Å². The molecule has 1 aromatic carbocycles. The first kappa shape index (κ1) is 13.9. The average molecular weight is 261 g/mol. The van der Waals surface area contributed by atoms with Crippen LogP contribution >= 0.6 is 0 Å². The lowest BCUT2D eigenvalue weighted by atomic mass is 9.90. The number of hydrogen-bond acceptors (Lipinski definition) is 3. The lowest BCUT2D eigenvalue weighted by Crippen LogP contribution is -2.30. The molecule has 104 valence electrons. The van der Waals surface area contributed by atoms with Crippen LogP contribution in [0, 0.1) is 5.92 Å². The van der Waals surface area contributed by atoms with Gasteiger partial charge in [-0.25, -0.2) is 0 Å². The maximum Gasteiger partial charge on any atom is 0.225 e. The van der Waals surface area contributed by atoms with Crippen LogP contribution in [0.5, 0.6) is 0 Å². The van der Waals surface area contributed by atoms with E-state index < -0.39 is 0 Å². The van der Waals surface area contributed by atoms with E-state index in [1.807, 2.05) is 12.1 Å². The molecule has 1 amide bonds. The molecule has 0 aliphatic carbocycles. The number of carbonyl (C=O) groups is 1. The Kier molecular flexibility index (Phi) is 5.21. The van der Waals surface area contributed by atoms with Crippen LogP contribution in [0.4, 0.5) is 5.69 Å². The molecule has 1 aliphatic heterocycles. The molecule has 1 aliphatic rings. The van der Waals surface area contributed by atoms with Gasteiger partial charge >= 0.3 is 0 Å². The van der Waals surface area contributed by atoms with E-state index in [0.29, 0.717) is 6.41 Å². The van der Waals surface area contributed by atoms with Gasteiger partial charge in [0.2, 0.25) is 6.41 Å². The Morgan fingerprint density at radius 3 is 2.79 bits per heavy atom. The van der Waals surface area contributed by atoms with Gasteiger partial charge in [0.15, 0.2) is 0 Å². The summed E-state index contributed by atoms with van der Waals surface area (Å²) in [6.45, 7) is 2.44. The standard InChI is InChI=1S/C15H23N3O/c1-18-10-8-13(9-11-18)6-7-14-4-2-3-5-15(14)17-16-12-19/h2-5,12-13,17H,6-11H2,1H3,(H,16,19). The molecule has 19 heavy (non-hydrogen) atoms. The zero-order chi connectivity index (χ0) is 13.5. The molecule has 0 saturated carbocycles. The van der Waals surface area contributed by atoms with Crippen LogP contribution < -0.4 is 10.9 Å². The molecule has 2 N–H and O–H groups in total. The van der Waals surface area contributed by atoms with E-state index in [1.165, 1.54) is 37.9 Å². The fourth-order valence-electron chi connectivity index (χ4n) is 2.68. The van der Waals surface area contributed by atoms with Crippen LogP contribution in [-0.4, -0.2) is 31.4 Å². The van der Waals surface area contributed by atoms with Gasteiger partial charge in [0.25, 0.3) is 0 Å². The molecule has 0 bridgehead atoms. The van der Waals surface area contributed by atoms with Crippen molar-refractivity contribution in [3.63, 3.8) is 0 Å². The minimum absolute atomic E-state index is 0.660. The molecule has 0 radical (unpaired) electrons. The summed E-state index contributed by atoms with van der Waals surface area (Å²) in [5, 5.41) is 0. The number of nitrogens with zero attached hydrogens (tertiary/aromatic N) is 1. The topological polar surface area (TPSA) is 44.4 Å². The minimum atomic E-state index is 0.660. The molecule has 0 atom stereocenters. The van der Waals surface area contributed by atoms with E-state index >= 15 is 0 Å². The first-order valence-electron chi connectivity index (χ1n) is 7.01. The van der Waals surface area contributed by atoms with E-state index in [2.05, 4.69) is 34.9 Å². The maximum absolute atomic E-state index is 10.3. The Morgan fingerprint density at radius 1 is 1.32 bits per heavy atom. The number of aryl methyl sites for hydroxylation is 1. The third-order valence-electron chi connectivity index (χ3n) is 3.94. The summed E-state index contributed by atoms with van der Waals surface area (Å²) in [5.41, 5.74) is 7.72. The largest absolute Gasteiger partial charge is 0.306 e. The second-order valence-corrected chi connectivity index (χ2v) is 5.33. The highest BCUT2D eigenvalue weighted by Gasteiger charge is 2.16. The molecule has 4 nitrogen and oxygen atoms in total. The van der Waals surface area contributed by atoms with Gasteiger partial charge in [-0.05, 0) is 63.4 Å². The highest BCUT2D eigenvalue weighted by Crippen LogP contribution is 2.24. The number of piperidine rings is 1. The van der Waals surface area contributed by atoms with Crippen LogP contribution in [0.15, 0.2) is 24.3 Å². The Bertz CT molecular complexity index is 400. The minimum Gasteiger partial charge on any atom is -0.306 e.